The molecule has 1 aromatic carbocycles. The van der Waals surface area contributed by atoms with Crippen LogP contribution in [0.3, 0.4) is 0 Å². The topological polar surface area (TPSA) is 66.3 Å². The van der Waals surface area contributed by atoms with Crippen LogP contribution in [-0.4, -0.2) is 33.5 Å². The summed E-state index contributed by atoms with van der Waals surface area (Å²) in [7, 11) is 4.59. The van der Waals surface area contributed by atoms with Crippen molar-refractivity contribution in [3.8, 4) is 17.2 Å². The molecule has 0 saturated carbocycles. The molecule has 1 aromatic rings. The van der Waals surface area contributed by atoms with Crippen LogP contribution in [0, 0.1) is 5.41 Å². The molecule has 0 aliphatic carbocycles. The molecule has 0 fully saturated rings. The van der Waals surface area contributed by atoms with E-state index in [4.69, 9.17) is 19.0 Å². The largest absolute Gasteiger partial charge is 0.496 e. The lowest BCUT2D eigenvalue weighted by Crippen LogP contribution is -2.21. The molecule has 6 heteroatoms. The molecule has 0 bridgehead atoms. The van der Waals surface area contributed by atoms with E-state index in [-0.39, 0.29) is 0 Å². The zero-order valence-electron chi connectivity index (χ0n) is 13.2. The monoisotopic (exact) mass is 295 g/mol. The van der Waals surface area contributed by atoms with Crippen molar-refractivity contribution < 1.29 is 23.8 Å². The predicted molar refractivity (Wildman–Crippen MR) is 79.2 cm³/mol. The minimum absolute atomic E-state index is 0.426. The van der Waals surface area contributed by atoms with Gasteiger partial charge in [0, 0.05) is 12.1 Å². The molecule has 21 heavy (non-hydrogen) atoms. The summed E-state index contributed by atoms with van der Waals surface area (Å²) < 4.78 is 15.7. The Morgan fingerprint density at radius 3 is 1.95 bits per heavy atom. The van der Waals surface area contributed by atoms with E-state index in [0.717, 1.165) is 0 Å². The fourth-order valence-electron chi connectivity index (χ4n) is 1.42. The van der Waals surface area contributed by atoms with Crippen LogP contribution >= 0.6 is 0 Å². The number of rotatable bonds is 5. The van der Waals surface area contributed by atoms with E-state index in [2.05, 4.69) is 5.16 Å². The predicted octanol–water partition coefficient (Wildman–Crippen LogP) is 2.64. The van der Waals surface area contributed by atoms with Gasteiger partial charge in [-0.2, -0.15) is 0 Å². The molecule has 0 aliphatic heterocycles. The summed E-state index contributed by atoms with van der Waals surface area (Å²) in [5.41, 5.74) is -0.0617. The second-order valence-corrected chi connectivity index (χ2v) is 5.31. The number of hydrogen-bond donors (Lipinski definition) is 0. The van der Waals surface area contributed by atoms with Gasteiger partial charge in [-0.1, -0.05) is 5.16 Å². The van der Waals surface area contributed by atoms with Gasteiger partial charge < -0.3 is 19.0 Å². The normalized spacial score (nSPS) is 11.3. The van der Waals surface area contributed by atoms with Crippen molar-refractivity contribution in [3.63, 3.8) is 0 Å². The van der Waals surface area contributed by atoms with Crippen LogP contribution in [0.5, 0.6) is 17.2 Å². The van der Waals surface area contributed by atoms with Crippen LogP contribution in [0.4, 0.5) is 0 Å². The van der Waals surface area contributed by atoms with Crippen LogP contribution < -0.4 is 14.2 Å². The van der Waals surface area contributed by atoms with Crippen molar-refractivity contribution in [2.75, 3.05) is 21.3 Å². The molecular weight excluding hydrogens is 274 g/mol. The van der Waals surface area contributed by atoms with Gasteiger partial charge in [-0.15, -0.1) is 0 Å². The van der Waals surface area contributed by atoms with Gasteiger partial charge in [-0.25, -0.2) is 4.79 Å². The second-order valence-electron chi connectivity index (χ2n) is 5.31. The zero-order valence-corrected chi connectivity index (χ0v) is 13.2. The first kappa shape index (κ1) is 16.8. The average molecular weight is 295 g/mol. The molecule has 0 radical (unpaired) electrons. The lowest BCUT2D eigenvalue weighted by Gasteiger charge is -2.13. The number of carbonyl (C=O) groups is 1. The number of carbonyl (C=O) groups excluding carboxylic acids is 1. The first-order valence-electron chi connectivity index (χ1n) is 6.38. The summed E-state index contributed by atoms with van der Waals surface area (Å²) in [6, 6.07) is 3.38. The van der Waals surface area contributed by atoms with Gasteiger partial charge in [0.15, 0.2) is 0 Å². The number of benzene rings is 1. The maximum absolute atomic E-state index is 11.6. The van der Waals surface area contributed by atoms with Gasteiger partial charge in [0.1, 0.15) is 17.2 Å². The molecule has 0 aromatic heterocycles. The molecule has 1 rings (SSSR count). The molecule has 0 amide bonds. The van der Waals surface area contributed by atoms with Crippen molar-refractivity contribution in [3.05, 3.63) is 17.7 Å². The number of nitrogens with zero attached hydrogens (tertiary/aromatic N) is 1. The molecule has 0 unspecified atom stereocenters. The first-order valence-corrected chi connectivity index (χ1v) is 6.38. The molecule has 0 N–H and O–H groups in total. The van der Waals surface area contributed by atoms with Gasteiger partial charge in [0.25, 0.3) is 0 Å². The molecule has 0 atom stereocenters. The van der Waals surface area contributed by atoms with Crippen LogP contribution in [0.25, 0.3) is 0 Å². The Hall–Kier alpha value is -2.24. The quantitative estimate of drug-likeness (QED) is 0.474. The highest BCUT2D eigenvalue weighted by atomic mass is 16.7. The van der Waals surface area contributed by atoms with E-state index in [9.17, 15) is 4.79 Å². The minimum atomic E-state index is -0.620. The van der Waals surface area contributed by atoms with E-state index >= 15 is 0 Å². The highest BCUT2D eigenvalue weighted by molar-refractivity contribution is 5.88. The summed E-state index contributed by atoms with van der Waals surface area (Å²) in [6.07, 6.45) is 1.38. The second kappa shape index (κ2) is 6.97. The molecule has 0 aliphatic rings. The Morgan fingerprint density at radius 2 is 1.57 bits per heavy atom. The number of oxime groups is 1. The van der Waals surface area contributed by atoms with Gasteiger partial charge in [0.05, 0.1) is 38.5 Å². The SMILES string of the molecule is COc1cc(OC)c(/C=N/OC(=O)C(C)(C)C)c(OC)c1. The van der Waals surface area contributed by atoms with Crippen LogP contribution in [0.15, 0.2) is 17.3 Å². The van der Waals surface area contributed by atoms with Gasteiger partial charge in [0.2, 0.25) is 0 Å². The molecule has 0 saturated heterocycles. The van der Waals surface area contributed by atoms with Crippen molar-refractivity contribution in [2.24, 2.45) is 10.6 Å². The first-order chi connectivity index (χ1) is 9.83. The molecular formula is C15H21NO5. The molecule has 6 nitrogen and oxygen atoms in total. The third-order valence-electron chi connectivity index (χ3n) is 2.68. The number of hydrogen-bond acceptors (Lipinski definition) is 6. The van der Waals surface area contributed by atoms with Crippen LogP contribution in [-0.2, 0) is 9.63 Å². The average Bonchev–Trinajstić information content (AvgIpc) is 2.45. The Kier molecular flexibility index (Phi) is 5.58. The van der Waals surface area contributed by atoms with E-state index in [0.29, 0.717) is 22.8 Å². The zero-order chi connectivity index (χ0) is 16.0. The summed E-state index contributed by atoms with van der Waals surface area (Å²) in [6.45, 7) is 5.25. The molecule has 116 valence electrons. The highest BCUT2D eigenvalue weighted by Crippen LogP contribution is 2.32. The standard InChI is InChI=1S/C15H21NO5/c1-15(2,3)14(17)21-16-9-11-12(19-5)7-10(18-4)8-13(11)20-6/h7-9H,1-6H3/b16-9+. The minimum Gasteiger partial charge on any atom is -0.496 e. The molecule has 0 spiro atoms. The summed E-state index contributed by atoms with van der Waals surface area (Å²) in [5.74, 6) is 1.17. The fraction of sp³-hybridized carbons (Fsp3) is 0.467. The van der Waals surface area contributed by atoms with Gasteiger partial charge in [-0.3, -0.25) is 0 Å². The van der Waals surface area contributed by atoms with Crippen LogP contribution in [0.2, 0.25) is 0 Å². The van der Waals surface area contributed by atoms with Gasteiger partial charge in [-0.05, 0) is 20.8 Å². The third kappa shape index (κ3) is 4.37. The summed E-state index contributed by atoms with van der Waals surface area (Å²) in [4.78, 5) is 16.5. The summed E-state index contributed by atoms with van der Waals surface area (Å²) >= 11 is 0. The van der Waals surface area contributed by atoms with Gasteiger partial charge >= 0.3 is 5.97 Å². The van der Waals surface area contributed by atoms with E-state index in [1.807, 2.05) is 0 Å². The smallest absolute Gasteiger partial charge is 0.340 e. The third-order valence-corrected chi connectivity index (χ3v) is 2.68. The van der Waals surface area contributed by atoms with Crippen molar-refractivity contribution in [2.45, 2.75) is 20.8 Å². The van der Waals surface area contributed by atoms with Crippen molar-refractivity contribution in [1.29, 1.82) is 0 Å². The van der Waals surface area contributed by atoms with Crippen molar-refractivity contribution in [1.82, 2.24) is 0 Å². The Bertz CT molecular complexity index is 506. The Labute approximate surface area is 124 Å². The van der Waals surface area contributed by atoms with E-state index in [1.165, 1.54) is 20.4 Å². The van der Waals surface area contributed by atoms with E-state index in [1.54, 1.807) is 40.0 Å². The number of ether oxygens (including phenoxy) is 3. The lowest BCUT2D eigenvalue weighted by atomic mass is 9.98. The van der Waals surface area contributed by atoms with Crippen LogP contribution in [0.1, 0.15) is 26.3 Å². The fourth-order valence-corrected chi connectivity index (χ4v) is 1.42. The highest BCUT2D eigenvalue weighted by Gasteiger charge is 2.23. The van der Waals surface area contributed by atoms with E-state index < -0.39 is 11.4 Å². The molecule has 0 heterocycles. The van der Waals surface area contributed by atoms with Crippen molar-refractivity contribution >= 4 is 12.2 Å². The Morgan fingerprint density at radius 1 is 1.05 bits per heavy atom. The number of methoxy groups -OCH3 is 3. The Balaban J connectivity index is 3.04. The lowest BCUT2D eigenvalue weighted by molar-refractivity contribution is -0.152. The maximum atomic E-state index is 11.6. The maximum Gasteiger partial charge on any atom is 0.340 e. The summed E-state index contributed by atoms with van der Waals surface area (Å²) in [5, 5.41) is 3.71.